The normalized spacial score (nSPS) is 14.1. The Morgan fingerprint density at radius 2 is 1.43 bits per heavy atom. The number of ether oxygens (including phenoxy) is 1. The van der Waals surface area contributed by atoms with E-state index in [4.69, 9.17) is 27.9 Å². The lowest BCUT2D eigenvalue weighted by Crippen LogP contribution is -2.55. The number of sulfonamides is 1. The van der Waals surface area contributed by atoms with Crippen molar-refractivity contribution < 1.29 is 22.7 Å². The minimum absolute atomic E-state index is 0.0117. The minimum Gasteiger partial charge on any atom is -0.494 e. The van der Waals surface area contributed by atoms with Crippen LogP contribution in [-0.2, 0) is 32.6 Å². The summed E-state index contributed by atoms with van der Waals surface area (Å²) >= 11 is 12.3. The zero-order valence-electron chi connectivity index (χ0n) is 27.4. The first-order valence-corrected chi connectivity index (χ1v) is 18.7. The molecule has 258 valence electrons. The van der Waals surface area contributed by atoms with Crippen LogP contribution in [0.15, 0.2) is 108 Å². The minimum atomic E-state index is -4.26. The maximum Gasteiger partial charge on any atom is 0.264 e. The highest BCUT2D eigenvalue weighted by Crippen LogP contribution is 2.28. The molecule has 1 atom stereocenters. The lowest BCUT2D eigenvalue weighted by molar-refractivity contribution is -0.140. The molecule has 2 amide bonds. The van der Waals surface area contributed by atoms with Gasteiger partial charge in [-0.1, -0.05) is 84.9 Å². The molecule has 0 spiro atoms. The standard InChI is InChI=1S/C38H41Cl2N3O5S/c1-2-48-34-21-19-33(20-22-34)43(49(46,47)35-23-17-31(40)18-24-35)27-37(44)42(26-29-13-15-30(39)16-14-29)36(25-28-9-5-3-6-10-28)38(45)41-32-11-7-4-8-12-32/h3,5-6,9-10,13-24,32,36H,2,4,7-8,11-12,25-27H2,1H3,(H,41,45)/t36-/m1/s1. The number of carbonyl (C=O) groups excluding carboxylic acids is 2. The smallest absolute Gasteiger partial charge is 0.264 e. The van der Waals surface area contributed by atoms with Crippen molar-refractivity contribution in [1.29, 1.82) is 0 Å². The zero-order valence-corrected chi connectivity index (χ0v) is 29.8. The van der Waals surface area contributed by atoms with Gasteiger partial charge in [0.1, 0.15) is 18.3 Å². The van der Waals surface area contributed by atoms with E-state index in [1.54, 1.807) is 48.5 Å². The predicted octanol–water partition coefficient (Wildman–Crippen LogP) is 7.68. The number of halogens is 2. The van der Waals surface area contributed by atoms with E-state index in [1.807, 2.05) is 37.3 Å². The van der Waals surface area contributed by atoms with E-state index in [1.165, 1.54) is 29.2 Å². The molecule has 1 aliphatic rings. The van der Waals surface area contributed by atoms with Gasteiger partial charge in [-0.05, 0) is 91.6 Å². The molecule has 5 rings (SSSR count). The number of hydrogen-bond donors (Lipinski definition) is 1. The van der Waals surface area contributed by atoms with Crippen LogP contribution in [0.3, 0.4) is 0 Å². The fourth-order valence-corrected chi connectivity index (χ4v) is 7.69. The van der Waals surface area contributed by atoms with Crippen LogP contribution in [0.25, 0.3) is 0 Å². The average Bonchev–Trinajstić information content (AvgIpc) is 3.11. The van der Waals surface area contributed by atoms with Gasteiger partial charge < -0.3 is 15.0 Å². The predicted molar refractivity (Wildman–Crippen MR) is 195 cm³/mol. The van der Waals surface area contributed by atoms with Gasteiger partial charge >= 0.3 is 0 Å². The molecular weight excluding hydrogens is 681 g/mol. The summed E-state index contributed by atoms with van der Waals surface area (Å²) in [5.41, 5.74) is 1.89. The number of carbonyl (C=O) groups is 2. The van der Waals surface area contributed by atoms with E-state index in [-0.39, 0.29) is 35.5 Å². The van der Waals surface area contributed by atoms with Crippen molar-refractivity contribution in [3.63, 3.8) is 0 Å². The molecule has 0 aromatic heterocycles. The van der Waals surface area contributed by atoms with Crippen molar-refractivity contribution in [2.75, 3.05) is 17.5 Å². The summed E-state index contributed by atoms with van der Waals surface area (Å²) in [5, 5.41) is 4.14. The third-order valence-electron chi connectivity index (χ3n) is 8.61. The molecule has 1 aliphatic carbocycles. The van der Waals surface area contributed by atoms with Gasteiger partial charge in [0.2, 0.25) is 11.8 Å². The number of amides is 2. The maximum atomic E-state index is 14.7. The summed E-state index contributed by atoms with van der Waals surface area (Å²) in [6.07, 6.45) is 5.18. The van der Waals surface area contributed by atoms with Gasteiger partial charge in [-0.3, -0.25) is 13.9 Å². The summed E-state index contributed by atoms with van der Waals surface area (Å²) in [6, 6.07) is 28.0. The van der Waals surface area contributed by atoms with Crippen LogP contribution in [-0.4, -0.2) is 50.4 Å². The van der Waals surface area contributed by atoms with Crippen molar-refractivity contribution in [2.45, 2.75) is 69.0 Å². The lowest BCUT2D eigenvalue weighted by atomic mass is 9.94. The highest BCUT2D eigenvalue weighted by Gasteiger charge is 2.35. The van der Waals surface area contributed by atoms with Crippen LogP contribution in [0.1, 0.15) is 50.2 Å². The Hall–Kier alpha value is -4.05. The summed E-state index contributed by atoms with van der Waals surface area (Å²) < 4.78 is 35.2. The highest BCUT2D eigenvalue weighted by molar-refractivity contribution is 7.92. The number of hydrogen-bond acceptors (Lipinski definition) is 5. The molecule has 1 fully saturated rings. The monoisotopic (exact) mass is 721 g/mol. The van der Waals surface area contributed by atoms with Gasteiger partial charge in [0.25, 0.3) is 10.0 Å². The van der Waals surface area contributed by atoms with E-state index < -0.39 is 28.5 Å². The first-order valence-electron chi connectivity index (χ1n) is 16.5. The van der Waals surface area contributed by atoms with Gasteiger partial charge in [0.05, 0.1) is 17.2 Å². The first kappa shape index (κ1) is 36.2. The summed E-state index contributed by atoms with van der Waals surface area (Å²) in [6.45, 7) is 1.80. The molecule has 0 aliphatic heterocycles. The molecule has 0 saturated heterocycles. The van der Waals surface area contributed by atoms with Crippen LogP contribution < -0.4 is 14.4 Å². The second kappa shape index (κ2) is 17.1. The molecule has 4 aromatic rings. The quantitative estimate of drug-likeness (QED) is 0.144. The second-order valence-electron chi connectivity index (χ2n) is 12.1. The molecular formula is C38H41Cl2N3O5S. The van der Waals surface area contributed by atoms with E-state index in [0.29, 0.717) is 22.4 Å². The molecule has 49 heavy (non-hydrogen) atoms. The first-order chi connectivity index (χ1) is 23.6. The van der Waals surface area contributed by atoms with Crippen molar-refractivity contribution in [3.05, 3.63) is 124 Å². The van der Waals surface area contributed by atoms with E-state index in [9.17, 15) is 18.0 Å². The van der Waals surface area contributed by atoms with Crippen LogP contribution in [0.4, 0.5) is 5.69 Å². The van der Waals surface area contributed by atoms with Gasteiger partial charge in [0, 0.05) is 29.1 Å². The SMILES string of the molecule is CCOc1ccc(N(CC(=O)N(Cc2ccc(Cl)cc2)[C@H](Cc2ccccc2)C(=O)NC2CCCCC2)S(=O)(=O)c2ccc(Cl)cc2)cc1. The van der Waals surface area contributed by atoms with E-state index in [2.05, 4.69) is 5.32 Å². The Balaban J connectivity index is 1.56. The van der Waals surface area contributed by atoms with Gasteiger partial charge in [0.15, 0.2) is 0 Å². The van der Waals surface area contributed by atoms with Gasteiger partial charge in [-0.2, -0.15) is 0 Å². The maximum absolute atomic E-state index is 14.7. The van der Waals surface area contributed by atoms with Gasteiger partial charge in [-0.25, -0.2) is 8.42 Å². The van der Waals surface area contributed by atoms with Crippen molar-refractivity contribution >= 4 is 50.7 Å². The van der Waals surface area contributed by atoms with Crippen LogP contribution in [0, 0.1) is 0 Å². The Morgan fingerprint density at radius 1 is 0.816 bits per heavy atom. The van der Waals surface area contributed by atoms with Crippen molar-refractivity contribution in [1.82, 2.24) is 10.2 Å². The number of anilines is 1. The third-order valence-corrected chi connectivity index (χ3v) is 10.9. The zero-order chi connectivity index (χ0) is 34.8. The largest absolute Gasteiger partial charge is 0.494 e. The third kappa shape index (κ3) is 9.78. The van der Waals surface area contributed by atoms with Crippen LogP contribution in [0.2, 0.25) is 10.0 Å². The molecule has 8 nitrogen and oxygen atoms in total. The van der Waals surface area contributed by atoms with Crippen molar-refractivity contribution in [3.8, 4) is 5.75 Å². The van der Waals surface area contributed by atoms with Gasteiger partial charge in [-0.15, -0.1) is 0 Å². The molecule has 1 N–H and O–H groups in total. The highest BCUT2D eigenvalue weighted by atomic mass is 35.5. The summed E-state index contributed by atoms with van der Waals surface area (Å²) in [4.78, 5) is 30.4. The second-order valence-corrected chi connectivity index (χ2v) is 14.8. The van der Waals surface area contributed by atoms with Crippen molar-refractivity contribution in [2.24, 2.45) is 0 Å². The van der Waals surface area contributed by atoms with E-state index >= 15 is 0 Å². The Morgan fingerprint density at radius 3 is 2.04 bits per heavy atom. The van der Waals surface area contributed by atoms with Crippen LogP contribution in [0.5, 0.6) is 5.75 Å². The molecule has 0 radical (unpaired) electrons. The topological polar surface area (TPSA) is 96.0 Å². The fourth-order valence-electron chi connectivity index (χ4n) is 6.02. The summed E-state index contributed by atoms with van der Waals surface area (Å²) in [5.74, 6) is -0.250. The van der Waals surface area contributed by atoms with Crippen LogP contribution >= 0.6 is 23.2 Å². The Bertz CT molecular complexity index is 1780. The molecule has 1 saturated carbocycles. The number of nitrogens with one attached hydrogen (secondary N) is 1. The molecule has 4 aromatic carbocycles. The Labute approximate surface area is 299 Å². The van der Waals surface area contributed by atoms with E-state index in [0.717, 1.165) is 47.5 Å². The average molecular weight is 723 g/mol. The number of benzene rings is 4. The number of rotatable bonds is 14. The molecule has 0 bridgehead atoms. The lowest BCUT2D eigenvalue weighted by Gasteiger charge is -2.35. The fraction of sp³-hybridized carbons (Fsp3) is 0.316. The molecule has 11 heteroatoms. The number of nitrogens with zero attached hydrogens (tertiary/aromatic N) is 2. The Kier molecular flexibility index (Phi) is 12.6. The molecule has 0 unspecified atom stereocenters. The molecule has 0 heterocycles. The summed E-state index contributed by atoms with van der Waals surface area (Å²) in [7, 11) is -4.26.